The summed E-state index contributed by atoms with van der Waals surface area (Å²) in [6.45, 7) is 12.5. The van der Waals surface area contributed by atoms with Gasteiger partial charge in [0.2, 0.25) is 0 Å². The largest absolute Gasteiger partial charge is 0.379 e. The molecule has 0 aliphatic carbocycles. The van der Waals surface area contributed by atoms with Gasteiger partial charge >= 0.3 is 0 Å². The molecule has 1 aliphatic rings. The van der Waals surface area contributed by atoms with E-state index in [4.69, 9.17) is 4.74 Å². The highest BCUT2D eigenvalue weighted by molar-refractivity contribution is 4.75. The van der Waals surface area contributed by atoms with Crippen LogP contribution in [0.4, 0.5) is 0 Å². The lowest BCUT2D eigenvalue weighted by atomic mass is 9.79. The molecule has 0 N–H and O–H groups in total. The van der Waals surface area contributed by atoms with Gasteiger partial charge in [0.05, 0.1) is 13.2 Å². The summed E-state index contributed by atoms with van der Waals surface area (Å²) in [4.78, 5) is 2.57. The Bertz CT molecular complexity index is 201. The van der Waals surface area contributed by atoms with E-state index in [0.717, 1.165) is 26.3 Å². The van der Waals surface area contributed by atoms with Gasteiger partial charge in [-0.3, -0.25) is 4.90 Å². The molecule has 1 aliphatic heterocycles. The van der Waals surface area contributed by atoms with Crippen molar-refractivity contribution in [1.29, 1.82) is 0 Å². The Balaban J connectivity index is 2.20. The van der Waals surface area contributed by atoms with Gasteiger partial charge in [0.25, 0.3) is 0 Å². The van der Waals surface area contributed by atoms with Crippen molar-refractivity contribution < 1.29 is 4.74 Å². The maximum atomic E-state index is 5.41. The molecule has 0 amide bonds. The van der Waals surface area contributed by atoms with Gasteiger partial charge < -0.3 is 4.74 Å². The highest BCUT2D eigenvalue weighted by atomic mass is 16.5. The van der Waals surface area contributed by atoms with E-state index in [2.05, 4.69) is 25.7 Å². The standard InChI is InChI=1S/C16H33NO/c1-4-6-7-8-9-16(3,5-2)10-11-17-12-14-18-15-13-17/h4-15H2,1-3H3. The van der Waals surface area contributed by atoms with Crippen LogP contribution in [0.1, 0.15) is 65.7 Å². The molecule has 1 rings (SSSR count). The molecule has 1 atom stereocenters. The van der Waals surface area contributed by atoms with Crippen LogP contribution >= 0.6 is 0 Å². The van der Waals surface area contributed by atoms with Crippen LogP contribution in [-0.4, -0.2) is 37.7 Å². The van der Waals surface area contributed by atoms with Gasteiger partial charge in [0, 0.05) is 13.1 Å². The number of ether oxygens (including phenoxy) is 1. The second kappa shape index (κ2) is 8.92. The molecule has 0 spiro atoms. The molecule has 0 aromatic heterocycles. The van der Waals surface area contributed by atoms with Crippen molar-refractivity contribution in [1.82, 2.24) is 4.90 Å². The highest BCUT2D eigenvalue weighted by Crippen LogP contribution is 2.32. The average Bonchev–Trinajstić information content (AvgIpc) is 2.43. The molecule has 1 heterocycles. The molecule has 18 heavy (non-hydrogen) atoms. The van der Waals surface area contributed by atoms with Crippen LogP contribution in [0.3, 0.4) is 0 Å². The number of nitrogens with zero attached hydrogens (tertiary/aromatic N) is 1. The maximum absolute atomic E-state index is 5.41. The molecule has 2 nitrogen and oxygen atoms in total. The molecule has 108 valence electrons. The zero-order valence-corrected chi connectivity index (χ0v) is 12.8. The Labute approximate surface area is 114 Å². The fourth-order valence-electron chi connectivity index (χ4n) is 2.71. The quantitative estimate of drug-likeness (QED) is 0.575. The lowest BCUT2D eigenvalue weighted by Gasteiger charge is -2.33. The van der Waals surface area contributed by atoms with E-state index >= 15 is 0 Å². The molecule has 2 heteroatoms. The zero-order valence-electron chi connectivity index (χ0n) is 12.8. The number of morpholine rings is 1. The number of hydrogen-bond donors (Lipinski definition) is 0. The molecule has 0 saturated carbocycles. The van der Waals surface area contributed by atoms with Crippen LogP contribution in [0.25, 0.3) is 0 Å². The van der Waals surface area contributed by atoms with E-state index in [0.29, 0.717) is 5.41 Å². The summed E-state index contributed by atoms with van der Waals surface area (Å²) in [6.07, 6.45) is 9.68. The fraction of sp³-hybridized carbons (Fsp3) is 1.00. The minimum Gasteiger partial charge on any atom is -0.379 e. The monoisotopic (exact) mass is 255 g/mol. The van der Waals surface area contributed by atoms with Crippen LogP contribution in [0.2, 0.25) is 0 Å². The van der Waals surface area contributed by atoms with Crippen molar-refractivity contribution in [3.8, 4) is 0 Å². The number of rotatable bonds is 9. The summed E-state index contributed by atoms with van der Waals surface area (Å²) in [6, 6.07) is 0. The molecular weight excluding hydrogens is 222 g/mol. The Morgan fingerprint density at radius 3 is 2.33 bits per heavy atom. The van der Waals surface area contributed by atoms with E-state index in [9.17, 15) is 0 Å². The van der Waals surface area contributed by atoms with Gasteiger partial charge in [-0.2, -0.15) is 0 Å². The minimum atomic E-state index is 0.562. The maximum Gasteiger partial charge on any atom is 0.0594 e. The zero-order chi connectivity index (χ0) is 13.3. The van der Waals surface area contributed by atoms with Crippen molar-refractivity contribution in [2.75, 3.05) is 32.8 Å². The first-order chi connectivity index (χ1) is 8.70. The molecule has 0 bridgehead atoms. The third-order valence-corrected chi connectivity index (χ3v) is 4.62. The van der Waals surface area contributed by atoms with Crippen LogP contribution in [0.15, 0.2) is 0 Å². The average molecular weight is 255 g/mol. The van der Waals surface area contributed by atoms with Crippen molar-refractivity contribution in [2.45, 2.75) is 65.7 Å². The minimum absolute atomic E-state index is 0.562. The Morgan fingerprint density at radius 1 is 1.00 bits per heavy atom. The van der Waals surface area contributed by atoms with Crippen LogP contribution in [0, 0.1) is 5.41 Å². The van der Waals surface area contributed by atoms with Crippen LogP contribution in [-0.2, 0) is 4.74 Å². The summed E-state index contributed by atoms with van der Waals surface area (Å²) in [7, 11) is 0. The van der Waals surface area contributed by atoms with E-state index in [-0.39, 0.29) is 0 Å². The van der Waals surface area contributed by atoms with Crippen molar-refractivity contribution in [2.24, 2.45) is 5.41 Å². The Hall–Kier alpha value is -0.0800. The predicted molar refractivity (Wildman–Crippen MR) is 79.0 cm³/mol. The molecule has 1 saturated heterocycles. The number of hydrogen-bond acceptors (Lipinski definition) is 2. The van der Waals surface area contributed by atoms with E-state index in [1.807, 2.05) is 0 Å². The Kier molecular flexibility index (Phi) is 7.92. The molecule has 1 unspecified atom stereocenters. The summed E-state index contributed by atoms with van der Waals surface area (Å²) in [5.74, 6) is 0. The summed E-state index contributed by atoms with van der Waals surface area (Å²) >= 11 is 0. The van der Waals surface area contributed by atoms with Gasteiger partial charge in [-0.15, -0.1) is 0 Å². The van der Waals surface area contributed by atoms with E-state index in [1.54, 1.807) is 0 Å². The second-order valence-corrected chi connectivity index (χ2v) is 6.18. The van der Waals surface area contributed by atoms with Gasteiger partial charge in [0.1, 0.15) is 0 Å². The summed E-state index contributed by atoms with van der Waals surface area (Å²) < 4.78 is 5.41. The smallest absolute Gasteiger partial charge is 0.0594 e. The van der Waals surface area contributed by atoms with E-state index in [1.165, 1.54) is 51.5 Å². The Morgan fingerprint density at radius 2 is 1.72 bits per heavy atom. The van der Waals surface area contributed by atoms with Gasteiger partial charge in [-0.25, -0.2) is 0 Å². The molecular formula is C16H33NO. The number of unbranched alkanes of at least 4 members (excludes halogenated alkanes) is 3. The van der Waals surface area contributed by atoms with Crippen molar-refractivity contribution in [3.05, 3.63) is 0 Å². The SMILES string of the molecule is CCCCCCC(C)(CC)CCN1CCOCC1. The topological polar surface area (TPSA) is 12.5 Å². The van der Waals surface area contributed by atoms with Gasteiger partial charge in [0.15, 0.2) is 0 Å². The lowest BCUT2D eigenvalue weighted by molar-refractivity contribution is 0.0309. The molecule has 0 aromatic rings. The molecule has 0 radical (unpaired) electrons. The summed E-state index contributed by atoms with van der Waals surface area (Å²) in [5, 5.41) is 0. The highest BCUT2D eigenvalue weighted by Gasteiger charge is 2.23. The van der Waals surface area contributed by atoms with Crippen LogP contribution in [0.5, 0.6) is 0 Å². The third kappa shape index (κ3) is 6.19. The first-order valence-corrected chi connectivity index (χ1v) is 8.00. The molecule has 1 fully saturated rings. The third-order valence-electron chi connectivity index (χ3n) is 4.62. The fourth-order valence-corrected chi connectivity index (χ4v) is 2.71. The van der Waals surface area contributed by atoms with Crippen molar-refractivity contribution in [3.63, 3.8) is 0 Å². The van der Waals surface area contributed by atoms with Crippen molar-refractivity contribution >= 4 is 0 Å². The normalized spacial score (nSPS) is 20.8. The lowest BCUT2D eigenvalue weighted by Crippen LogP contribution is -2.38. The first-order valence-electron chi connectivity index (χ1n) is 8.00. The van der Waals surface area contributed by atoms with E-state index < -0.39 is 0 Å². The first kappa shape index (κ1) is 16.0. The van der Waals surface area contributed by atoms with Gasteiger partial charge in [-0.1, -0.05) is 52.9 Å². The van der Waals surface area contributed by atoms with Gasteiger partial charge in [-0.05, 0) is 24.8 Å². The molecule has 0 aromatic carbocycles. The summed E-state index contributed by atoms with van der Waals surface area (Å²) in [5.41, 5.74) is 0.562. The second-order valence-electron chi connectivity index (χ2n) is 6.18. The van der Waals surface area contributed by atoms with Crippen LogP contribution < -0.4 is 0 Å². The predicted octanol–water partition coefficient (Wildman–Crippen LogP) is 4.10.